The van der Waals surface area contributed by atoms with Crippen LogP contribution in [-0.2, 0) is 23.1 Å². The highest BCUT2D eigenvalue weighted by Crippen LogP contribution is 1.97. The van der Waals surface area contributed by atoms with Crippen LogP contribution >= 0.6 is 0 Å². The number of nitrogens with one attached hydrogen (secondary N) is 1. The normalized spacial score (nSPS) is 11.9. The molecule has 1 heterocycles. The minimum atomic E-state index is -3.37. The van der Waals surface area contributed by atoms with Crippen molar-refractivity contribution in [3.05, 3.63) is 18.2 Å². The predicted octanol–water partition coefficient (Wildman–Crippen LogP) is -0.719. The van der Waals surface area contributed by atoms with Gasteiger partial charge in [-0.25, -0.2) is 18.5 Å². The molecule has 0 spiro atoms. The number of hydrogen-bond acceptors (Lipinski definition) is 4. The average molecular weight is 232 g/mol. The molecule has 0 amide bonds. The lowest BCUT2D eigenvalue weighted by Gasteiger charge is -2.06. The van der Waals surface area contributed by atoms with Crippen LogP contribution in [-0.4, -0.2) is 30.3 Å². The van der Waals surface area contributed by atoms with E-state index in [1.54, 1.807) is 12.5 Å². The zero-order chi connectivity index (χ0) is 11.3. The van der Waals surface area contributed by atoms with Gasteiger partial charge in [0.1, 0.15) is 0 Å². The van der Waals surface area contributed by atoms with Crippen LogP contribution in [0.25, 0.3) is 0 Å². The average Bonchev–Trinajstić information content (AvgIpc) is 2.58. The Labute approximate surface area is 89.5 Å². The molecule has 0 aliphatic carbocycles. The fourth-order valence-electron chi connectivity index (χ4n) is 1.21. The fraction of sp³-hybridized carbons (Fsp3) is 0.625. The number of imidazole rings is 1. The van der Waals surface area contributed by atoms with E-state index in [0.29, 0.717) is 13.1 Å². The van der Waals surface area contributed by atoms with Crippen molar-refractivity contribution in [1.29, 1.82) is 0 Å². The molecule has 0 radical (unpaired) electrons. The number of rotatable bonds is 6. The van der Waals surface area contributed by atoms with Crippen molar-refractivity contribution in [2.75, 3.05) is 12.3 Å². The van der Waals surface area contributed by atoms with Crippen LogP contribution in [0.5, 0.6) is 0 Å². The lowest BCUT2D eigenvalue weighted by molar-refractivity contribution is 0.589. The van der Waals surface area contributed by atoms with Crippen LogP contribution in [0.3, 0.4) is 0 Å². The monoisotopic (exact) mass is 232 g/mol. The van der Waals surface area contributed by atoms with Crippen molar-refractivity contribution in [1.82, 2.24) is 14.9 Å². The SMILES string of the molecule is CCn1cncc1CNCCS(N)(=O)=O. The van der Waals surface area contributed by atoms with Gasteiger partial charge in [-0.3, -0.25) is 0 Å². The molecule has 3 N–H and O–H groups in total. The third kappa shape index (κ3) is 4.41. The largest absolute Gasteiger partial charge is 0.334 e. The van der Waals surface area contributed by atoms with Crippen LogP contribution in [0.4, 0.5) is 0 Å². The van der Waals surface area contributed by atoms with Gasteiger partial charge in [-0.2, -0.15) is 0 Å². The summed E-state index contributed by atoms with van der Waals surface area (Å²) in [7, 11) is -3.37. The summed E-state index contributed by atoms with van der Waals surface area (Å²) in [5.74, 6) is -0.0484. The van der Waals surface area contributed by atoms with Crippen LogP contribution < -0.4 is 10.5 Å². The summed E-state index contributed by atoms with van der Waals surface area (Å²) in [6, 6.07) is 0. The summed E-state index contributed by atoms with van der Waals surface area (Å²) in [5, 5.41) is 7.86. The summed E-state index contributed by atoms with van der Waals surface area (Å²) >= 11 is 0. The predicted molar refractivity (Wildman–Crippen MR) is 57.6 cm³/mol. The summed E-state index contributed by atoms with van der Waals surface area (Å²) in [4.78, 5) is 4.00. The number of nitrogens with two attached hydrogens (primary N) is 1. The van der Waals surface area contributed by atoms with E-state index in [2.05, 4.69) is 10.3 Å². The van der Waals surface area contributed by atoms with Gasteiger partial charge in [0.05, 0.1) is 17.8 Å². The van der Waals surface area contributed by atoms with Crippen molar-refractivity contribution < 1.29 is 8.42 Å². The molecule has 0 aliphatic rings. The van der Waals surface area contributed by atoms with Crippen LogP contribution in [0.1, 0.15) is 12.6 Å². The number of sulfonamides is 1. The molecule has 1 aromatic rings. The molecular weight excluding hydrogens is 216 g/mol. The maximum Gasteiger partial charge on any atom is 0.210 e. The number of hydrogen-bond donors (Lipinski definition) is 2. The minimum Gasteiger partial charge on any atom is -0.334 e. The molecule has 0 saturated heterocycles. The summed E-state index contributed by atoms with van der Waals surface area (Å²) in [5.41, 5.74) is 1.03. The van der Waals surface area contributed by atoms with Gasteiger partial charge in [0.2, 0.25) is 10.0 Å². The Hall–Kier alpha value is -0.920. The van der Waals surface area contributed by atoms with Gasteiger partial charge in [-0.1, -0.05) is 0 Å². The summed E-state index contributed by atoms with van der Waals surface area (Å²) in [6.45, 7) is 3.83. The second-order valence-corrected chi connectivity index (χ2v) is 4.95. The number of primary sulfonamides is 1. The standard InChI is InChI=1S/C8H16N4O2S/c1-2-12-7-11-6-8(12)5-10-3-4-15(9,13)14/h6-7,10H,2-5H2,1H3,(H2,9,13,14). The molecule has 6 nitrogen and oxygen atoms in total. The van der Waals surface area contributed by atoms with Crippen molar-refractivity contribution in [3.63, 3.8) is 0 Å². The van der Waals surface area contributed by atoms with E-state index in [-0.39, 0.29) is 5.75 Å². The second-order valence-electron chi connectivity index (χ2n) is 3.21. The van der Waals surface area contributed by atoms with Crippen molar-refractivity contribution in [3.8, 4) is 0 Å². The molecule has 86 valence electrons. The van der Waals surface area contributed by atoms with Gasteiger partial charge < -0.3 is 9.88 Å². The molecule has 1 rings (SSSR count). The highest BCUT2D eigenvalue weighted by molar-refractivity contribution is 7.89. The third-order valence-electron chi connectivity index (χ3n) is 2.01. The van der Waals surface area contributed by atoms with E-state index < -0.39 is 10.0 Å². The topological polar surface area (TPSA) is 90.0 Å². The Kier molecular flexibility index (Phi) is 4.25. The summed E-state index contributed by atoms with van der Waals surface area (Å²) < 4.78 is 23.3. The molecule has 7 heteroatoms. The highest BCUT2D eigenvalue weighted by Gasteiger charge is 2.03. The second kappa shape index (κ2) is 5.24. The van der Waals surface area contributed by atoms with Crippen molar-refractivity contribution in [2.24, 2.45) is 5.14 Å². The van der Waals surface area contributed by atoms with Gasteiger partial charge in [0.15, 0.2) is 0 Å². The molecule has 0 saturated carbocycles. The number of aryl methyl sites for hydroxylation is 1. The molecule has 0 atom stereocenters. The molecular formula is C8H16N4O2S. The Bertz CT molecular complexity index is 399. The molecule has 0 bridgehead atoms. The lowest BCUT2D eigenvalue weighted by atomic mass is 10.4. The van der Waals surface area contributed by atoms with Gasteiger partial charge in [-0.15, -0.1) is 0 Å². The van der Waals surface area contributed by atoms with Crippen LogP contribution in [0.15, 0.2) is 12.5 Å². The Morgan fingerprint density at radius 3 is 2.93 bits per heavy atom. The zero-order valence-corrected chi connectivity index (χ0v) is 9.50. The molecule has 0 aliphatic heterocycles. The Morgan fingerprint density at radius 1 is 1.60 bits per heavy atom. The molecule has 1 aromatic heterocycles. The fourth-order valence-corrected chi connectivity index (χ4v) is 1.64. The quantitative estimate of drug-likeness (QED) is 0.633. The van der Waals surface area contributed by atoms with E-state index in [4.69, 9.17) is 5.14 Å². The van der Waals surface area contributed by atoms with E-state index in [1.807, 2.05) is 11.5 Å². The number of aromatic nitrogens is 2. The first-order valence-corrected chi connectivity index (χ1v) is 6.44. The Balaban J connectivity index is 2.32. The van der Waals surface area contributed by atoms with Gasteiger partial charge >= 0.3 is 0 Å². The highest BCUT2D eigenvalue weighted by atomic mass is 32.2. The summed E-state index contributed by atoms with van der Waals surface area (Å²) in [6.07, 6.45) is 3.50. The van der Waals surface area contributed by atoms with Crippen molar-refractivity contribution >= 4 is 10.0 Å². The maximum atomic E-state index is 10.6. The third-order valence-corrected chi connectivity index (χ3v) is 2.78. The van der Waals surface area contributed by atoms with Gasteiger partial charge in [0.25, 0.3) is 0 Å². The smallest absolute Gasteiger partial charge is 0.210 e. The first-order chi connectivity index (χ1) is 7.03. The molecule has 0 unspecified atom stereocenters. The maximum absolute atomic E-state index is 10.6. The first-order valence-electron chi connectivity index (χ1n) is 4.73. The van der Waals surface area contributed by atoms with Gasteiger partial charge in [-0.05, 0) is 6.92 Å². The van der Waals surface area contributed by atoms with E-state index in [1.165, 1.54) is 0 Å². The van der Waals surface area contributed by atoms with Crippen LogP contribution in [0.2, 0.25) is 0 Å². The van der Waals surface area contributed by atoms with Crippen LogP contribution in [0, 0.1) is 0 Å². The molecule has 15 heavy (non-hydrogen) atoms. The van der Waals surface area contributed by atoms with E-state index >= 15 is 0 Å². The molecule has 0 aromatic carbocycles. The van der Waals surface area contributed by atoms with Gasteiger partial charge in [0, 0.05) is 25.8 Å². The Morgan fingerprint density at radius 2 is 2.33 bits per heavy atom. The van der Waals surface area contributed by atoms with Crippen molar-refractivity contribution in [2.45, 2.75) is 20.0 Å². The first kappa shape index (κ1) is 12.2. The molecule has 0 fully saturated rings. The minimum absolute atomic E-state index is 0.0484. The zero-order valence-electron chi connectivity index (χ0n) is 8.68. The lowest BCUT2D eigenvalue weighted by Crippen LogP contribution is -2.27. The number of nitrogens with zero attached hydrogens (tertiary/aromatic N) is 2. The van der Waals surface area contributed by atoms with E-state index in [9.17, 15) is 8.42 Å². The van der Waals surface area contributed by atoms with E-state index in [0.717, 1.165) is 12.2 Å².